The second-order valence-corrected chi connectivity index (χ2v) is 8.07. The highest BCUT2D eigenvalue weighted by Crippen LogP contribution is 2.25. The number of hydrogen-bond donors (Lipinski definition) is 1. The van der Waals surface area contributed by atoms with Gasteiger partial charge in [-0.3, -0.25) is 0 Å². The number of sulfonamides is 1. The largest absolute Gasteiger partial charge is 0.391 e. The first-order valence-corrected chi connectivity index (χ1v) is 8.40. The fourth-order valence-corrected chi connectivity index (χ4v) is 4.36. The zero-order valence-corrected chi connectivity index (χ0v) is 13.0. The summed E-state index contributed by atoms with van der Waals surface area (Å²) in [5.74, 6) is 0. The molecule has 20 heavy (non-hydrogen) atoms. The van der Waals surface area contributed by atoms with Gasteiger partial charge in [0.1, 0.15) is 4.21 Å². The van der Waals surface area contributed by atoms with Crippen molar-refractivity contribution in [1.29, 1.82) is 0 Å². The summed E-state index contributed by atoms with van der Waals surface area (Å²) in [5.41, 5.74) is 2.09. The summed E-state index contributed by atoms with van der Waals surface area (Å²) in [4.78, 5) is 0.646. The summed E-state index contributed by atoms with van der Waals surface area (Å²) in [7, 11) is -1.93. The minimum atomic E-state index is -3.50. The molecule has 2 rings (SSSR count). The van der Waals surface area contributed by atoms with E-state index >= 15 is 0 Å². The van der Waals surface area contributed by atoms with Gasteiger partial charge in [0.15, 0.2) is 0 Å². The van der Waals surface area contributed by atoms with E-state index < -0.39 is 10.0 Å². The molecule has 1 aromatic carbocycles. The second kappa shape index (κ2) is 6.05. The second-order valence-electron chi connectivity index (χ2n) is 4.63. The number of aryl methyl sites for hydroxylation is 1. The summed E-state index contributed by atoms with van der Waals surface area (Å²) >= 11 is 1.10. The molecular formula is C14H17NO3S2. The minimum absolute atomic E-state index is 0.137. The van der Waals surface area contributed by atoms with E-state index in [9.17, 15) is 8.42 Å². The first-order chi connectivity index (χ1) is 9.43. The summed E-state index contributed by atoms with van der Waals surface area (Å²) in [5, 5.41) is 9.02. The van der Waals surface area contributed by atoms with Gasteiger partial charge < -0.3 is 5.11 Å². The van der Waals surface area contributed by atoms with Crippen molar-refractivity contribution in [1.82, 2.24) is 4.31 Å². The first kappa shape index (κ1) is 15.2. The maximum absolute atomic E-state index is 12.4. The van der Waals surface area contributed by atoms with Gasteiger partial charge in [-0.15, -0.1) is 11.3 Å². The molecule has 0 aliphatic carbocycles. The third kappa shape index (κ3) is 3.27. The Kier molecular flexibility index (Phi) is 4.59. The Hall–Kier alpha value is -1.21. The van der Waals surface area contributed by atoms with Crippen LogP contribution < -0.4 is 0 Å². The molecule has 0 bridgehead atoms. The molecule has 0 amide bonds. The zero-order valence-electron chi connectivity index (χ0n) is 11.4. The average Bonchev–Trinajstić information content (AvgIpc) is 2.90. The Morgan fingerprint density at radius 3 is 2.35 bits per heavy atom. The quantitative estimate of drug-likeness (QED) is 0.922. The number of rotatable bonds is 5. The fourth-order valence-electron chi connectivity index (χ4n) is 1.77. The monoisotopic (exact) mass is 311 g/mol. The fraction of sp³-hybridized carbons (Fsp3) is 0.286. The van der Waals surface area contributed by atoms with Gasteiger partial charge in [0.2, 0.25) is 0 Å². The van der Waals surface area contributed by atoms with Crippen molar-refractivity contribution in [2.24, 2.45) is 0 Å². The highest BCUT2D eigenvalue weighted by atomic mass is 32.2. The van der Waals surface area contributed by atoms with Crippen LogP contribution in [0.2, 0.25) is 0 Å². The van der Waals surface area contributed by atoms with Crippen LogP contribution in [-0.4, -0.2) is 24.9 Å². The number of aliphatic hydroxyl groups excluding tert-OH is 1. The van der Waals surface area contributed by atoms with E-state index in [1.807, 2.05) is 31.2 Å². The molecule has 0 radical (unpaired) electrons. The molecule has 0 atom stereocenters. The van der Waals surface area contributed by atoms with Gasteiger partial charge in [-0.05, 0) is 24.6 Å². The number of aliphatic hydroxyl groups is 1. The molecular weight excluding hydrogens is 294 g/mol. The molecule has 4 nitrogen and oxygen atoms in total. The lowest BCUT2D eigenvalue weighted by Crippen LogP contribution is -2.25. The number of thiophene rings is 1. The molecule has 108 valence electrons. The van der Waals surface area contributed by atoms with Crippen LogP contribution in [0.15, 0.2) is 40.6 Å². The lowest BCUT2D eigenvalue weighted by atomic mass is 10.1. The molecule has 1 N–H and O–H groups in total. The molecule has 0 aliphatic rings. The third-order valence-corrected chi connectivity index (χ3v) is 6.32. The lowest BCUT2D eigenvalue weighted by Gasteiger charge is -2.16. The van der Waals surface area contributed by atoms with Gasteiger partial charge in [-0.2, -0.15) is 4.31 Å². The van der Waals surface area contributed by atoms with Crippen molar-refractivity contribution < 1.29 is 13.5 Å². The maximum atomic E-state index is 12.4. The van der Waals surface area contributed by atoms with Crippen molar-refractivity contribution >= 4 is 21.4 Å². The van der Waals surface area contributed by atoms with Crippen LogP contribution in [0, 0.1) is 6.92 Å². The van der Waals surface area contributed by atoms with Gasteiger partial charge in [0, 0.05) is 18.5 Å². The Bertz CT molecular complexity index is 675. The van der Waals surface area contributed by atoms with E-state index in [0.717, 1.165) is 22.5 Å². The van der Waals surface area contributed by atoms with Gasteiger partial charge in [0.05, 0.1) is 6.61 Å². The van der Waals surface area contributed by atoms with Crippen LogP contribution >= 0.6 is 11.3 Å². The summed E-state index contributed by atoms with van der Waals surface area (Å²) < 4.78 is 26.4. The van der Waals surface area contributed by atoms with Crippen LogP contribution in [-0.2, 0) is 23.2 Å². The van der Waals surface area contributed by atoms with Crippen molar-refractivity contribution in [3.63, 3.8) is 0 Å². The number of benzene rings is 1. The highest BCUT2D eigenvalue weighted by Gasteiger charge is 2.22. The van der Waals surface area contributed by atoms with Crippen molar-refractivity contribution in [2.45, 2.75) is 24.3 Å². The average molecular weight is 311 g/mol. The predicted molar refractivity (Wildman–Crippen MR) is 80.1 cm³/mol. The molecule has 1 heterocycles. The van der Waals surface area contributed by atoms with Crippen LogP contribution in [0.5, 0.6) is 0 Å². The van der Waals surface area contributed by atoms with Crippen LogP contribution in [0.1, 0.15) is 16.0 Å². The molecule has 1 aromatic heterocycles. The van der Waals surface area contributed by atoms with Gasteiger partial charge in [-0.25, -0.2) is 8.42 Å². The van der Waals surface area contributed by atoms with Crippen LogP contribution in [0.4, 0.5) is 0 Å². The van der Waals surface area contributed by atoms with E-state index in [0.29, 0.717) is 11.4 Å². The Morgan fingerprint density at radius 1 is 1.15 bits per heavy atom. The molecule has 0 fully saturated rings. The van der Waals surface area contributed by atoms with Gasteiger partial charge >= 0.3 is 0 Å². The molecule has 0 aliphatic heterocycles. The molecule has 0 saturated carbocycles. The topological polar surface area (TPSA) is 57.6 Å². The SMILES string of the molecule is Cc1ccc(CN(C)S(=O)(=O)c2ccc(CO)s2)cc1. The predicted octanol–water partition coefficient (Wildman–Crippen LogP) is 2.37. The Labute approximate surface area is 123 Å². The zero-order chi connectivity index (χ0) is 14.8. The molecule has 6 heteroatoms. The molecule has 2 aromatic rings. The van der Waals surface area contributed by atoms with Crippen LogP contribution in [0.3, 0.4) is 0 Å². The highest BCUT2D eigenvalue weighted by molar-refractivity contribution is 7.91. The minimum Gasteiger partial charge on any atom is -0.391 e. The van der Waals surface area contributed by atoms with Gasteiger partial charge in [0.25, 0.3) is 10.0 Å². The summed E-state index contributed by atoms with van der Waals surface area (Å²) in [6.07, 6.45) is 0. The Morgan fingerprint density at radius 2 is 1.80 bits per heavy atom. The number of nitrogens with zero attached hydrogens (tertiary/aromatic N) is 1. The molecule has 0 spiro atoms. The van der Waals surface area contributed by atoms with E-state index in [2.05, 4.69) is 0 Å². The maximum Gasteiger partial charge on any atom is 0.252 e. The first-order valence-electron chi connectivity index (χ1n) is 6.15. The van der Waals surface area contributed by atoms with E-state index in [4.69, 9.17) is 5.11 Å². The smallest absolute Gasteiger partial charge is 0.252 e. The van der Waals surface area contributed by atoms with E-state index in [-0.39, 0.29) is 10.8 Å². The molecule has 0 unspecified atom stereocenters. The third-order valence-electron chi connectivity index (χ3n) is 2.98. The summed E-state index contributed by atoms with van der Waals surface area (Å²) in [6, 6.07) is 11.0. The van der Waals surface area contributed by atoms with E-state index in [1.54, 1.807) is 13.1 Å². The van der Waals surface area contributed by atoms with Crippen molar-refractivity contribution in [2.75, 3.05) is 7.05 Å². The summed E-state index contributed by atoms with van der Waals surface area (Å²) in [6.45, 7) is 2.18. The van der Waals surface area contributed by atoms with Gasteiger partial charge in [-0.1, -0.05) is 29.8 Å². The Balaban J connectivity index is 2.18. The lowest BCUT2D eigenvalue weighted by molar-refractivity contribution is 0.285. The van der Waals surface area contributed by atoms with Crippen molar-refractivity contribution in [3.05, 3.63) is 52.4 Å². The number of hydrogen-bond acceptors (Lipinski definition) is 4. The van der Waals surface area contributed by atoms with Crippen molar-refractivity contribution in [3.8, 4) is 0 Å². The standard InChI is InChI=1S/C14H17NO3S2/c1-11-3-5-12(6-4-11)9-15(2)20(17,18)14-8-7-13(10-16)19-14/h3-8,16H,9-10H2,1-2H3. The van der Waals surface area contributed by atoms with E-state index in [1.165, 1.54) is 10.4 Å². The normalized spacial score (nSPS) is 12.0. The molecule has 0 saturated heterocycles. The van der Waals surface area contributed by atoms with Crippen LogP contribution in [0.25, 0.3) is 0 Å².